The van der Waals surface area contributed by atoms with E-state index in [9.17, 15) is 13.9 Å². The summed E-state index contributed by atoms with van der Waals surface area (Å²) >= 11 is 0. The van der Waals surface area contributed by atoms with Gasteiger partial charge in [-0.05, 0) is 55.8 Å². The van der Waals surface area contributed by atoms with Gasteiger partial charge in [-0.15, -0.1) is 0 Å². The van der Waals surface area contributed by atoms with Crippen LogP contribution >= 0.6 is 0 Å². The Morgan fingerprint density at radius 1 is 1.10 bits per heavy atom. The van der Waals surface area contributed by atoms with E-state index in [1.54, 1.807) is 0 Å². The zero-order valence-electron chi connectivity index (χ0n) is 12.9. The van der Waals surface area contributed by atoms with Gasteiger partial charge >= 0.3 is 0 Å². The highest BCUT2D eigenvalue weighted by Crippen LogP contribution is 2.29. The van der Waals surface area contributed by atoms with Crippen LogP contribution in [-0.4, -0.2) is 29.1 Å². The molecule has 0 bridgehead atoms. The highest BCUT2D eigenvalue weighted by atomic mass is 19.1. The summed E-state index contributed by atoms with van der Waals surface area (Å²) in [5.74, 6) is -0.612. The summed E-state index contributed by atoms with van der Waals surface area (Å²) in [6, 6.07) is 3.89. The molecule has 0 radical (unpaired) electrons. The van der Waals surface area contributed by atoms with E-state index < -0.39 is 17.7 Å². The van der Waals surface area contributed by atoms with Gasteiger partial charge in [0.2, 0.25) is 0 Å². The Bertz CT molecular complexity index is 440. The van der Waals surface area contributed by atoms with Gasteiger partial charge < -0.3 is 10.0 Å². The molecular formula is C17H25F2NO. The molecule has 0 heterocycles. The smallest absolute Gasteiger partial charge is 0.126 e. The normalized spacial score (nSPS) is 16.7. The second kappa shape index (κ2) is 7.32. The van der Waals surface area contributed by atoms with Crippen molar-refractivity contribution in [3.05, 3.63) is 35.4 Å². The van der Waals surface area contributed by atoms with E-state index in [0.29, 0.717) is 23.9 Å². The lowest BCUT2D eigenvalue weighted by Crippen LogP contribution is -2.30. The molecule has 0 aromatic heterocycles. The third kappa shape index (κ3) is 5.36. The maximum absolute atomic E-state index is 13.2. The Morgan fingerprint density at radius 2 is 1.67 bits per heavy atom. The lowest BCUT2D eigenvalue weighted by atomic mass is 10.1. The highest BCUT2D eigenvalue weighted by Gasteiger charge is 2.28. The van der Waals surface area contributed by atoms with Crippen LogP contribution in [0.3, 0.4) is 0 Å². The van der Waals surface area contributed by atoms with Crippen LogP contribution in [0.5, 0.6) is 0 Å². The van der Waals surface area contributed by atoms with Crippen LogP contribution in [0.15, 0.2) is 18.2 Å². The summed E-state index contributed by atoms with van der Waals surface area (Å²) < 4.78 is 26.3. The van der Waals surface area contributed by atoms with Crippen molar-refractivity contribution in [3.8, 4) is 0 Å². The molecule has 1 aromatic rings. The molecule has 1 fully saturated rings. The first-order valence-corrected chi connectivity index (χ1v) is 7.84. The molecule has 2 nitrogen and oxygen atoms in total. The first-order valence-electron chi connectivity index (χ1n) is 7.84. The maximum Gasteiger partial charge on any atom is 0.126 e. The molecule has 118 valence electrons. The van der Waals surface area contributed by atoms with E-state index in [2.05, 4.69) is 18.7 Å². The number of halogens is 2. The van der Waals surface area contributed by atoms with Crippen LogP contribution in [-0.2, 0) is 0 Å². The fraction of sp³-hybridized carbons (Fsp3) is 0.647. The first kappa shape index (κ1) is 16.4. The fourth-order valence-corrected chi connectivity index (χ4v) is 2.56. The highest BCUT2D eigenvalue weighted by molar-refractivity contribution is 5.20. The van der Waals surface area contributed by atoms with Crippen molar-refractivity contribution in [1.82, 2.24) is 4.90 Å². The number of nitrogens with zero attached hydrogens (tertiary/aromatic N) is 1. The fourth-order valence-electron chi connectivity index (χ4n) is 2.56. The molecule has 0 amide bonds. The summed E-state index contributed by atoms with van der Waals surface area (Å²) in [5.41, 5.74) is 0.326. The predicted octanol–water partition coefficient (Wildman–Crippen LogP) is 3.90. The van der Waals surface area contributed by atoms with Crippen molar-refractivity contribution in [2.45, 2.75) is 51.7 Å². The van der Waals surface area contributed by atoms with Gasteiger partial charge in [-0.3, -0.25) is 0 Å². The lowest BCUT2D eigenvalue weighted by Gasteiger charge is -2.24. The molecule has 0 saturated heterocycles. The predicted molar refractivity (Wildman–Crippen MR) is 80.0 cm³/mol. The van der Waals surface area contributed by atoms with Gasteiger partial charge in [-0.25, -0.2) is 8.78 Å². The van der Waals surface area contributed by atoms with Crippen molar-refractivity contribution in [2.24, 2.45) is 5.92 Å². The molecule has 2 rings (SSSR count). The van der Waals surface area contributed by atoms with Crippen molar-refractivity contribution in [3.63, 3.8) is 0 Å². The Kier molecular flexibility index (Phi) is 5.71. The number of rotatable bonds is 8. The first-order chi connectivity index (χ1) is 9.95. The summed E-state index contributed by atoms with van der Waals surface area (Å²) in [5, 5.41) is 10.1. The van der Waals surface area contributed by atoms with Gasteiger partial charge in [0.1, 0.15) is 11.6 Å². The second-order valence-corrected chi connectivity index (χ2v) is 6.46. The van der Waals surface area contributed by atoms with Crippen LogP contribution in [0.25, 0.3) is 0 Å². The van der Waals surface area contributed by atoms with Crippen molar-refractivity contribution in [2.75, 3.05) is 13.1 Å². The van der Waals surface area contributed by atoms with E-state index in [1.165, 1.54) is 25.0 Å². The van der Waals surface area contributed by atoms with Gasteiger partial charge in [0.15, 0.2) is 0 Å². The minimum atomic E-state index is -0.810. The SMILES string of the molecule is CC(C)CCN(CCC(O)c1cc(F)cc(F)c1)C1CC1. The minimum absolute atomic E-state index is 0.326. The lowest BCUT2D eigenvalue weighted by molar-refractivity contribution is 0.136. The number of benzene rings is 1. The average Bonchev–Trinajstić information content (AvgIpc) is 3.21. The van der Waals surface area contributed by atoms with Crippen molar-refractivity contribution < 1.29 is 13.9 Å². The molecule has 1 aromatic carbocycles. The van der Waals surface area contributed by atoms with E-state index >= 15 is 0 Å². The number of hydrogen-bond acceptors (Lipinski definition) is 2. The van der Waals surface area contributed by atoms with Crippen LogP contribution in [0.2, 0.25) is 0 Å². The van der Waals surface area contributed by atoms with Crippen LogP contribution in [0.1, 0.15) is 51.2 Å². The summed E-state index contributed by atoms with van der Waals surface area (Å²) in [6.45, 7) is 6.22. The third-order valence-electron chi connectivity index (χ3n) is 4.02. The van der Waals surface area contributed by atoms with Crippen molar-refractivity contribution >= 4 is 0 Å². The monoisotopic (exact) mass is 297 g/mol. The molecule has 21 heavy (non-hydrogen) atoms. The van der Waals surface area contributed by atoms with Crippen LogP contribution in [0, 0.1) is 17.6 Å². The molecule has 1 aliphatic carbocycles. The average molecular weight is 297 g/mol. The quantitative estimate of drug-likeness (QED) is 0.786. The number of aliphatic hydroxyl groups excluding tert-OH is 1. The number of aliphatic hydroxyl groups is 1. The maximum atomic E-state index is 13.2. The molecule has 1 atom stereocenters. The Labute approximate surface area is 125 Å². The van der Waals surface area contributed by atoms with Gasteiger partial charge in [-0.2, -0.15) is 0 Å². The molecular weight excluding hydrogens is 272 g/mol. The van der Waals surface area contributed by atoms with Crippen LogP contribution < -0.4 is 0 Å². The van der Waals surface area contributed by atoms with E-state index in [0.717, 1.165) is 25.6 Å². The standard InChI is InChI=1S/C17H25F2NO/c1-12(2)5-7-20(16-3-4-16)8-6-17(21)13-9-14(18)11-15(19)10-13/h9-12,16-17,21H,3-8H2,1-2H3. The summed E-state index contributed by atoms with van der Waals surface area (Å²) in [6.07, 6.45) is 3.29. The number of hydrogen-bond donors (Lipinski definition) is 1. The van der Waals surface area contributed by atoms with E-state index in [1.807, 2.05) is 0 Å². The van der Waals surface area contributed by atoms with Crippen molar-refractivity contribution in [1.29, 1.82) is 0 Å². The zero-order valence-corrected chi connectivity index (χ0v) is 12.9. The van der Waals surface area contributed by atoms with Gasteiger partial charge in [0, 0.05) is 18.7 Å². The molecule has 1 unspecified atom stereocenters. The Balaban J connectivity index is 1.87. The minimum Gasteiger partial charge on any atom is -0.388 e. The Morgan fingerprint density at radius 3 is 2.19 bits per heavy atom. The molecule has 0 spiro atoms. The molecule has 4 heteroatoms. The molecule has 1 aliphatic rings. The van der Waals surface area contributed by atoms with E-state index in [4.69, 9.17) is 0 Å². The summed E-state index contributed by atoms with van der Waals surface area (Å²) in [7, 11) is 0. The van der Waals surface area contributed by atoms with Gasteiger partial charge in [0.25, 0.3) is 0 Å². The largest absolute Gasteiger partial charge is 0.388 e. The van der Waals surface area contributed by atoms with Gasteiger partial charge in [0.05, 0.1) is 6.10 Å². The topological polar surface area (TPSA) is 23.5 Å². The van der Waals surface area contributed by atoms with E-state index in [-0.39, 0.29) is 0 Å². The molecule has 0 aliphatic heterocycles. The van der Waals surface area contributed by atoms with Gasteiger partial charge in [-0.1, -0.05) is 13.8 Å². The Hall–Kier alpha value is -1.00. The van der Waals surface area contributed by atoms with Crippen LogP contribution in [0.4, 0.5) is 8.78 Å². The second-order valence-electron chi connectivity index (χ2n) is 6.46. The molecule has 1 saturated carbocycles. The zero-order chi connectivity index (χ0) is 15.4. The molecule has 1 N–H and O–H groups in total. The summed E-state index contributed by atoms with van der Waals surface area (Å²) in [4.78, 5) is 2.40. The third-order valence-corrected chi connectivity index (χ3v) is 4.02.